The molecule has 1 unspecified atom stereocenters. The predicted octanol–water partition coefficient (Wildman–Crippen LogP) is 2.54. The topological polar surface area (TPSA) is 80.1 Å². The van der Waals surface area contributed by atoms with E-state index in [4.69, 9.17) is 0 Å². The summed E-state index contributed by atoms with van der Waals surface area (Å²) in [4.78, 5) is 14.7. The Kier molecular flexibility index (Phi) is 5.43. The van der Waals surface area contributed by atoms with Gasteiger partial charge in [-0.1, -0.05) is 29.8 Å². The Morgan fingerprint density at radius 1 is 1.27 bits per heavy atom. The number of hydrogen-bond donors (Lipinski definition) is 2. The van der Waals surface area contributed by atoms with Crippen LogP contribution in [0.25, 0.3) is 0 Å². The van der Waals surface area contributed by atoms with Gasteiger partial charge in [0.1, 0.15) is 0 Å². The second-order valence-corrected chi connectivity index (χ2v) is 5.22. The Labute approximate surface area is 129 Å². The second kappa shape index (κ2) is 7.51. The van der Waals surface area contributed by atoms with E-state index in [0.29, 0.717) is 12.4 Å². The molecule has 1 atom stereocenters. The molecule has 1 aromatic carbocycles. The second-order valence-electron chi connectivity index (χ2n) is 5.22. The molecule has 2 N–H and O–H groups in total. The van der Waals surface area contributed by atoms with Gasteiger partial charge in [-0.05, 0) is 32.0 Å². The van der Waals surface area contributed by atoms with Crippen LogP contribution in [0.1, 0.15) is 11.1 Å². The van der Waals surface area contributed by atoms with Gasteiger partial charge in [-0.15, -0.1) is 0 Å². The van der Waals surface area contributed by atoms with E-state index in [1.54, 1.807) is 12.3 Å². The summed E-state index contributed by atoms with van der Waals surface area (Å²) in [6, 6.07) is 11.3. The van der Waals surface area contributed by atoms with Crippen LogP contribution in [0.5, 0.6) is 0 Å². The number of pyridine rings is 1. The molecule has 6 heteroatoms. The highest BCUT2D eigenvalue weighted by molar-refractivity contribution is 5.55. The van der Waals surface area contributed by atoms with Gasteiger partial charge in [0.25, 0.3) is 0 Å². The van der Waals surface area contributed by atoms with E-state index in [1.165, 1.54) is 17.2 Å². The van der Waals surface area contributed by atoms with E-state index in [2.05, 4.69) is 39.9 Å². The largest absolute Gasteiger partial charge is 0.360 e. The fourth-order valence-corrected chi connectivity index (χ4v) is 2.28. The molecule has 6 nitrogen and oxygen atoms in total. The smallest absolute Gasteiger partial charge is 0.311 e. The lowest BCUT2D eigenvalue weighted by molar-refractivity contribution is -0.384. The summed E-state index contributed by atoms with van der Waals surface area (Å²) in [5.41, 5.74) is 2.38. The Balaban J connectivity index is 2.15. The van der Waals surface area contributed by atoms with Crippen molar-refractivity contribution >= 4 is 11.5 Å². The minimum Gasteiger partial charge on any atom is -0.360 e. The molecule has 0 aliphatic heterocycles. The number of nitrogens with zero attached hydrogens (tertiary/aromatic N) is 2. The molecule has 0 amide bonds. The van der Waals surface area contributed by atoms with E-state index < -0.39 is 4.92 Å². The maximum Gasteiger partial charge on any atom is 0.311 e. The van der Waals surface area contributed by atoms with Gasteiger partial charge in [0.2, 0.25) is 5.82 Å². The summed E-state index contributed by atoms with van der Waals surface area (Å²) in [6.07, 6.45) is 2.31. The van der Waals surface area contributed by atoms with Crippen LogP contribution in [0.3, 0.4) is 0 Å². The summed E-state index contributed by atoms with van der Waals surface area (Å²) in [5, 5.41) is 17.4. The van der Waals surface area contributed by atoms with Gasteiger partial charge in [-0.3, -0.25) is 10.1 Å². The molecule has 1 aromatic heterocycles. The third kappa shape index (κ3) is 4.26. The van der Waals surface area contributed by atoms with Crippen LogP contribution in [0.15, 0.2) is 42.6 Å². The fourth-order valence-electron chi connectivity index (χ4n) is 2.28. The Morgan fingerprint density at radius 2 is 2.00 bits per heavy atom. The van der Waals surface area contributed by atoms with Gasteiger partial charge in [-0.2, -0.15) is 0 Å². The molecule has 0 saturated carbocycles. The number of nitrogens with one attached hydrogen (secondary N) is 2. The SMILES string of the molecule is CNCC(Cc1ccc(C)cc1)Nc1ncccc1[N+](=O)[O-]. The minimum atomic E-state index is -0.419. The molecular weight excluding hydrogens is 280 g/mol. The molecule has 0 fully saturated rings. The Hall–Kier alpha value is -2.47. The van der Waals surface area contributed by atoms with Crippen molar-refractivity contribution in [3.8, 4) is 0 Å². The average molecular weight is 300 g/mol. The quantitative estimate of drug-likeness (QED) is 0.607. The van der Waals surface area contributed by atoms with E-state index in [1.807, 2.05) is 14.0 Å². The maximum atomic E-state index is 11.1. The van der Waals surface area contributed by atoms with E-state index in [0.717, 1.165) is 6.42 Å². The molecule has 0 radical (unpaired) electrons. The highest BCUT2D eigenvalue weighted by Crippen LogP contribution is 2.21. The zero-order valence-electron chi connectivity index (χ0n) is 12.7. The van der Waals surface area contributed by atoms with Crippen LogP contribution in [-0.2, 0) is 6.42 Å². The van der Waals surface area contributed by atoms with Gasteiger partial charge in [0, 0.05) is 24.8 Å². The normalized spacial score (nSPS) is 11.9. The summed E-state index contributed by atoms with van der Waals surface area (Å²) in [5.74, 6) is 0.305. The lowest BCUT2D eigenvalue weighted by Crippen LogP contribution is -2.33. The summed E-state index contributed by atoms with van der Waals surface area (Å²) in [6.45, 7) is 2.73. The number of anilines is 1. The molecule has 0 aliphatic rings. The Bertz CT molecular complexity index is 628. The van der Waals surface area contributed by atoms with Crippen molar-refractivity contribution in [2.45, 2.75) is 19.4 Å². The van der Waals surface area contributed by atoms with E-state index in [-0.39, 0.29) is 11.7 Å². The fraction of sp³-hybridized carbons (Fsp3) is 0.312. The zero-order valence-corrected chi connectivity index (χ0v) is 12.7. The van der Waals surface area contributed by atoms with Gasteiger partial charge >= 0.3 is 5.69 Å². The van der Waals surface area contributed by atoms with Gasteiger partial charge in [-0.25, -0.2) is 4.98 Å². The van der Waals surface area contributed by atoms with Gasteiger partial charge in [0.05, 0.1) is 4.92 Å². The standard InChI is InChI=1S/C16H20N4O2/c1-12-5-7-13(8-6-12)10-14(11-17-2)19-16-15(20(21)22)4-3-9-18-16/h3-9,14,17H,10-11H2,1-2H3,(H,18,19). The van der Waals surface area contributed by atoms with Crippen molar-refractivity contribution in [3.05, 3.63) is 63.8 Å². The van der Waals surface area contributed by atoms with Crippen molar-refractivity contribution in [1.82, 2.24) is 10.3 Å². The number of hydrogen-bond acceptors (Lipinski definition) is 5. The van der Waals surface area contributed by atoms with E-state index >= 15 is 0 Å². The Morgan fingerprint density at radius 3 is 2.64 bits per heavy atom. The van der Waals surface area contributed by atoms with Crippen molar-refractivity contribution in [3.63, 3.8) is 0 Å². The molecule has 0 aliphatic carbocycles. The number of aryl methyl sites for hydroxylation is 1. The first-order chi connectivity index (χ1) is 10.6. The highest BCUT2D eigenvalue weighted by atomic mass is 16.6. The molecule has 0 saturated heterocycles. The maximum absolute atomic E-state index is 11.1. The molecule has 116 valence electrons. The van der Waals surface area contributed by atoms with Crippen LogP contribution >= 0.6 is 0 Å². The van der Waals surface area contributed by atoms with Crippen molar-refractivity contribution in [2.24, 2.45) is 0 Å². The summed E-state index contributed by atoms with van der Waals surface area (Å²) < 4.78 is 0. The zero-order chi connectivity index (χ0) is 15.9. The number of benzene rings is 1. The van der Waals surface area contributed by atoms with Crippen molar-refractivity contribution < 1.29 is 4.92 Å². The third-order valence-electron chi connectivity index (χ3n) is 3.38. The first kappa shape index (κ1) is 15.9. The third-order valence-corrected chi connectivity index (χ3v) is 3.38. The molecule has 0 bridgehead atoms. The predicted molar refractivity (Wildman–Crippen MR) is 87.1 cm³/mol. The van der Waals surface area contributed by atoms with Gasteiger partial charge < -0.3 is 10.6 Å². The van der Waals surface area contributed by atoms with Gasteiger partial charge in [0.15, 0.2) is 0 Å². The van der Waals surface area contributed by atoms with Crippen LogP contribution < -0.4 is 10.6 Å². The minimum absolute atomic E-state index is 0.00694. The number of aromatic nitrogens is 1. The lowest BCUT2D eigenvalue weighted by atomic mass is 10.0. The number of likely N-dealkylation sites (N-methyl/N-ethyl adjacent to an activating group) is 1. The molecular formula is C16H20N4O2. The van der Waals surface area contributed by atoms with E-state index in [9.17, 15) is 10.1 Å². The van der Waals surface area contributed by atoms with Crippen LogP contribution in [-0.4, -0.2) is 29.5 Å². The number of nitro groups is 1. The highest BCUT2D eigenvalue weighted by Gasteiger charge is 2.18. The summed E-state index contributed by atoms with van der Waals surface area (Å²) in [7, 11) is 1.86. The average Bonchev–Trinajstić information content (AvgIpc) is 2.50. The monoisotopic (exact) mass is 300 g/mol. The van der Waals surface area contributed by atoms with Crippen LogP contribution in [0.2, 0.25) is 0 Å². The first-order valence-electron chi connectivity index (χ1n) is 7.16. The van der Waals surface area contributed by atoms with Crippen LogP contribution in [0, 0.1) is 17.0 Å². The van der Waals surface area contributed by atoms with Crippen LogP contribution in [0.4, 0.5) is 11.5 Å². The first-order valence-corrected chi connectivity index (χ1v) is 7.16. The molecule has 22 heavy (non-hydrogen) atoms. The molecule has 1 heterocycles. The molecule has 2 aromatic rings. The molecule has 0 spiro atoms. The molecule has 2 rings (SSSR count). The lowest BCUT2D eigenvalue weighted by Gasteiger charge is -2.19. The van der Waals surface area contributed by atoms with Crippen molar-refractivity contribution in [2.75, 3.05) is 18.9 Å². The summed E-state index contributed by atoms with van der Waals surface area (Å²) >= 11 is 0. The number of rotatable bonds is 7. The van der Waals surface area contributed by atoms with Crippen molar-refractivity contribution in [1.29, 1.82) is 0 Å².